The Morgan fingerprint density at radius 1 is 1.47 bits per heavy atom. The molecule has 0 spiro atoms. The number of carbonyl (C=O) groups is 1. The summed E-state index contributed by atoms with van der Waals surface area (Å²) < 4.78 is 0. The third-order valence-corrected chi connectivity index (χ3v) is 2.60. The Kier molecular flexibility index (Phi) is 5.15. The van der Waals surface area contributed by atoms with Crippen LogP contribution in [0.1, 0.15) is 20.8 Å². The highest BCUT2D eigenvalue weighted by Crippen LogP contribution is 2.09. The molecule has 1 N–H and O–H groups in total. The van der Waals surface area contributed by atoms with Crippen LogP contribution in [0.5, 0.6) is 0 Å². The predicted octanol–water partition coefficient (Wildman–Crippen LogP) is 1.80. The van der Waals surface area contributed by atoms with Crippen molar-refractivity contribution in [1.82, 2.24) is 14.9 Å². The molecule has 0 fully saturated rings. The second kappa shape index (κ2) is 6.39. The van der Waals surface area contributed by atoms with E-state index >= 15 is 0 Å². The van der Waals surface area contributed by atoms with Crippen molar-refractivity contribution in [1.29, 1.82) is 0 Å². The minimum atomic E-state index is -0.345. The predicted molar refractivity (Wildman–Crippen MR) is 68.1 cm³/mol. The minimum Gasteiger partial charge on any atom is -0.357 e. The largest absolute Gasteiger partial charge is 0.357 e. The topological polar surface area (TPSA) is 58.1 Å². The summed E-state index contributed by atoms with van der Waals surface area (Å²) in [5, 5.41) is 3.29. The van der Waals surface area contributed by atoms with Crippen LogP contribution in [0.25, 0.3) is 0 Å². The van der Waals surface area contributed by atoms with Gasteiger partial charge in [-0.15, -0.1) is 0 Å². The monoisotopic (exact) mass is 256 g/mol. The third-order valence-electron chi connectivity index (χ3n) is 2.42. The molecule has 1 atom stereocenters. The number of amides is 1. The summed E-state index contributed by atoms with van der Waals surface area (Å²) in [7, 11) is 0. The molecule has 0 radical (unpaired) electrons. The van der Waals surface area contributed by atoms with Crippen molar-refractivity contribution in [2.45, 2.75) is 26.8 Å². The molecule has 0 saturated heterocycles. The van der Waals surface area contributed by atoms with E-state index in [0.717, 1.165) is 0 Å². The van der Waals surface area contributed by atoms with Crippen LogP contribution in [0, 0.1) is 0 Å². The molecule has 1 unspecified atom stereocenters. The van der Waals surface area contributed by atoms with Crippen molar-refractivity contribution < 1.29 is 4.79 Å². The lowest BCUT2D eigenvalue weighted by atomic mass is 10.3. The number of carbonyl (C=O) groups excluding carboxylic acids is 1. The smallest absolute Gasteiger partial charge is 0.244 e. The zero-order valence-electron chi connectivity index (χ0n) is 10.3. The van der Waals surface area contributed by atoms with E-state index in [-0.39, 0.29) is 11.9 Å². The first-order valence-electron chi connectivity index (χ1n) is 5.61. The van der Waals surface area contributed by atoms with Crippen molar-refractivity contribution >= 4 is 23.3 Å². The number of nitrogens with zero attached hydrogens (tertiary/aromatic N) is 3. The molecule has 0 aliphatic rings. The van der Waals surface area contributed by atoms with Gasteiger partial charge in [0.25, 0.3) is 0 Å². The van der Waals surface area contributed by atoms with Crippen molar-refractivity contribution in [3.05, 3.63) is 17.5 Å². The van der Waals surface area contributed by atoms with Crippen LogP contribution in [0.2, 0.25) is 5.15 Å². The van der Waals surface area contributed by atoms with Crippen LogP contribution in [0.15, 0.2) is 12.4 Å². The van der Waals surface area contributed by atoms with Crippen LogP contribution in [-0.2, 0) is 4.79 Å². The first-order valence-corrected chi connectivity index (χ1v) is 5.99. The summed E-state index contributed by atoms with van der Waals surface area (Å²) in [4.78, 5) is 21.7. The molecule has 1 aromatic rings. The summed E-state index contributed by atoms with van der Waals surface area (Å²) in [6.45, 7) is 7.09. The third kappa shape index (κ3) is 3.85. The zero-order chi connectivity index (χ0) is 12.8. The van der Waals surface area contributed by atoms with Gasteiger partial charge < -0.3 is 10.2 Å². The Morgan fingerprint density at radius 3 is 2.65 bits per heavy atom. The number of rotatable bonds is 5. The summed E-state index contributed by atoms with van der Waals surface area (Å²) in [5.41, 5.74) is 0. The molecule has 1 aromatic heterocycles. The van der Waals surface area contributed by atoms with Crippen LogP contribution < -0.4 is 5.32 Å². The molecule has 0 aliphatic heterocycles. The van der Waals surface area contributed by atoms with Gasteiger partial charge in [-0.1, -0.05) is 11.6 Å². The second-order valence-electron chi connectivity index (χ2n) is 3.60. The fourth-order valence-electron chi connectivity index (χ4n) is 1.50. The zero-order valence-corrected chi connectivity index (χ0v) is 11.0. The Morgan fingerprint density at radius 2 is 2.12 bits per heavy atom. The molecular formula is C11H17ClN4O. The maximum Gasteiger partial charge on any atom is 0.244 e. The van der Waals surface area contributed by atoms with E-state index in [9.17, 15) is 4.79 Å². The van der Waals surface area contributed by atoms with Gasteiger partial charge in [0.1, 0.15) is 17.0 Å². The first-order chi connectivity index (χ1) is 8.08. The highest BCUT2D eigenvalue weighted by Gasteiger charge is 2.18. The van der Waals surface area contributed by atoms with E-state index in [1.807, 2.05) is 13.8 Å². The fraction of sp³-hybridized carbons (Fsp3) is 0.545. The summed E-state index contributed by atoms with van der Waals surface area (Å²) in [6, 6.07) is -0.345. The highest BCUT2D eigenvalue weighted by molar-refractivity contribution is 6.29. The second-order valence-corrected chi connectivity index (χ2v) is 3.99. The number of nitrogens with one attached hydrogen (secondary N) is 1. The molecule has 5 nitrogen and oxygen atoms in total. The lowest BCUT2D eigenvalue weighted by Crippen LogP contribution is -2.41. The maximum absolute atomic E-state index is 12.0. The molecule has 0 aromatic carbocycles. The van der Waals surface area contributed by atoms with Gasteiger partial charge in [0.05, 0.1) is 12.4 Å². The van der Waals surface area contributed by atoms with E-state index in [1.165, 1.54) is 12.4 Å². The maximum atomic E-state index is 12.0. The lowest BCUT2D eigenvalue weighted by Gasteiger charge is -2.23. The SMILES string of the molecule is CCN(CC)C(=O)C(C)Nc1cncc(Cl)n1. The van der Waals surface area contributed by atoms with Crippen molar-refractivity contribution in [3.8, 4) is 0 Å². The van der Waals surface area contributed by atoms with E-state index in [2.05, 4.69) is 15.3 Å². The first kappa shape index (κ1) is 13.7. The molecule has 6 heteroatoms. The van der Waals surface area contributed by atoms with Gasteiger partial charge in [-0.25, -0.2) is 4.98 Å². The Balaban J connectivity index is 2.65. The van der Waals surface area contributed by atoms with Gasteiger partial charge in [0.2, 0.25) is 5.91 Å². The Hall–Kier alpha value is -1.36. The van der Waals surface area contributed by atoms with Crippen LogP contribution in [-0.4, -0.2) is 39.9 Å². The lowest BCUT2D eigenvalue weighted by molar-refractivity contribution is -0.131. The normalized spacial score (nSPS) is 12.0. The average Bonchev–Trinajstić information content (AvgIpc) is 2.30. The van der Waals surface area contributed by atoms with Gasteiger partial charge in [0.15, 0.2) is 0 Å². The Bertz CT molecular complexity index is 381. The average molecular weight is 257 g/mol. The number of hydrogen-bond donors (Lipinski definition) is 1. The van der Waals surface area contributed by atoms with Crippen LogP contribution in [0.4, 0.5) is 5.82 Å². The van der Waals surface area contributed by atoms with Crippen LogP contribution in [0.3, 0.4) is 0 Å². The standard InChI is InChI=1S/C11H17ClN4O/c1-4-16(5-2)11(17)8(3)14-10-7-13-6-9(12)15-10/h6-8H,4-5H2,1-3H3,(H,14,15). The van der Waals surface area contributed by atoms with Gasteiger partial charge in [0, 0.05) is 13.1 Å². The summed E-state index contributed by atoms with van der Waals surface area (Å²) >= 11 is 5.72. The molecule has 94 valence electrons. The number of aromatic nitrogens is 2. The van der Waals surface area contributed by atoms with Crippen molar-refractivity contribution in [2.75, 3.05) is 18.4 Å². The summed E-state index contributed by atoms with van der Waals surface area (Å²) in [5.74, 6) is 0.544. The number of anilines is 1. The number of hydrogen-bond acceptors (Lipinski definition) is 4. The molecule has 0 saturated carbocycles. The fourth-order valence-corrected chi connectivity index (χ4v) is 1.65. The van der Waals surface area contributed by atoms with Gasteiger partial charge in [-0.2, -0.15) is 0 Å². The van der Waals surface area contributed by atoms with E-state index in [0.29, 0.717) is 24.1 Å². The molecule has 1 amide bonds. The van der Waals surface area contributed by atoms with Crippen molar-refractivity contribution in [3.63, 3.8) is 0 Å². The van der Waals surface area contributed by atoms with Gasteiger partial charge in [-0.05, 0) is 20.8 Å². The Labute approximate surface area is 106 Å². The van der Waals surface area contributed by atoms with Crippen LogP contribution >= 0.6 is 11.6 Å². The van der Waals surface area contributed by atoms with Gasteiger partial charge >= 0.3 is 0 Å². The molecule has 17 heavy (non-hydrogen) atoms. The quantitative estimate of drug-likeness (QED) is 0.873. The molecule has 0 aliphatic carbocycles. The number of likely N-dealkylation sites (N-methyl/N-ethyl adjacent to an activating group) is 1. The van der Waals surface area contributed by atoms with Gasteiger partial charge in [-0.3, -0.25) is 9.78 Å². The number of halogens is 1. The summed E-state index contributed by atoms with van der Waals surface area (Å²) in [6.07, 6.45) is 2.99. The van der Waals surface area contributed by atoms with E-state index in [1.54, 1.807) is 11.8 Å². The molecule has 1 rings (SSSR count). The molecule has 1 heterocycles. The minimum absolute atomic E-state index is 0.0387. The molecule has 0 bridgehead atoms. The van der Waals surface area contributed by atoms with E-state index in [4.69, 9.17) is 11.6 Å². The van der Waals surface area contributed by atoms with E-state index < -0.39 is 0 Å². The van der Waals surface area contributed by atoms with Crippen molar-refractivity contribution in [2.24, 2.45) is 0 Å². The molecular weight excluding hydrogens is 240 g/mol. The highest BCUT2D eigenvalue weighted by atomic mass is 35.5.